The molecule has 1 fully saturated rings. The predicted molar refractivity (Wildman–Crippen MR) is 95.4 cm³/mol. The van der Waals surface area contributed by atoms with Crippen LogP contribution in [0.1, 0.15) is 35.8 Å². The molecule has 5 nitrogen and oxygen atoms in total. The minimum Gasteiger partial charge on any atom is -0.490 e. The van der Waals surface area contributed by atoms with E-state index in [1.54, 1.807) is 12.3 Å². The summed E-state index contributed by atoms with van der Waals surface area (Å²) in [5.41, 5.74) is -0.485. The van der Waals surface area contributed by atoms with Crippen molar-refractivity contribution in [3.05, 3.63) is 40.9 Å². The van der Waals surface area contributed by atoms with Crippen LogP contribution in [0.2, 0.25) is 0 Å². The zero-order valence-corrected chi connectivity index (χ0v) is 15.5. The third-order valence-corrected chi connectivity index (χ3v) is 5.08. The van der Waals surface area contributed by atoms with E-state index in [4.69, 9.17) is 9.47 Å². The summed E-state index contributed by atoms with van der Waals surface area (Å²) in [5, 5.41) is 2.35. The van der Waals surface area contributed by atoms with Gasteiger partial charge in [-0.05, 0) is 19.1 Å². The number of halogens is 3. The van der Waals surface area contributed by atoms with Crippen molar-refractivity contribution >= 4 is 22.4 Å². The molecule has 146 valence electrons. The number of ether oxygens (including phenoxy) is 2. The Morgan fingerprint density at radius 2 is 2.00 bits per heavy atom. The first-order valence-electron chi connectivity index (χ1n) is 8.59. The van der Waals surface area contributed by atoms with E-state index in [2.05, 4.69) is 4.98 Å². The number of esters is 1. The lowest BCUT2D eigenvalue weighted by atomic mass is 10.1. The molecule has 2 aromatic rings. The van der Waals surface area contributed by atoms with Gasteiger partial charge >= 0.3 is 12.1 Å². The van der Waals surface area contributed by atoms with Crippen LogP contribution < -0.4 is 9.64 Å². The minimum absolute atomic E-state index is 0.137. The molecule has 0 bridgehead atoms. The highest BCUT2D eigenvalue weighted by Crippen LogP contribution is 2.37. The molecule has 2 heterocycles. The molecule has 1 aromatic heterocycles. The van der Waals surface area contributed by atoms with Crippen LogP contribution in [0.15, 0.2) is 29.6 Å². The maximum absolute atomic E-state index is 13.1. The number of anilines is 1. The average molecular weight is 400 g/mol. The van der Waals surface area contributed by atoms with Gasteiger partial charge in [0.15, 0.2) is 10.8 Å². The first-order valence-corrected chi connectivity index (χ1v) is 9.47. The van der Waals surface area contributed by atoms with Crippen LogP contribution in [0.3, 0.4) is 0 Å². The van der Waals surface area contributed by atoms with Crippen molar-refractivity contribution in [2.75, 3.05) is 24.6 Å². The van der Waals surface area contributed by atoms with Crippen molar-refractivity contribution in [2.45, 2.75) is 32.0 Å². The number of carbonyl (C=O) groups is 1. The number of thiazole rings is 1. The Morgan fingerprint density at radius 1 is 1.30 bits per heavy atom. The normalized spacial score (nSPS) is 15.6. The molecule has 0 amide bonds. The van der Waals surface area contributed by atoms with Crippen molar-refractivity contribution in [2.24, 2.45) is 0 Å². The highest BCUT2D eigenvalue weighted by molar-refractivity contribution is 7.13. The molecule has 1 aromatic carbocycles. The number of nitrogens with zero attached hydrogens (tertiary/aromatic N) is 2. The van der Waals surface area contributed by atoms with E-state index < -0.39 is 17.7 Å². The van der Waals surface area contributed by atoms with Gasteiger partial charge in [-0.1, -0.05) is 12.1 Å². The second-order valence-corrected chi connectivity index (χ2v) is 6.87. The van der Waals surface area contributed by atoms with Crippen molar-refractivity contribution in [3.8, 4) is 5.75 Å². The molecule has 1 aliphatic rings. The van der Waals surface area contributed by atoms with Gasteiger partial charge in [0.25, 0.3) is 0 Å². The van der Waals surface area contributed by atoms with Gasteiger partial charge in [-0.2, -0.15) is 13.2 Å². The monoisotopic (exact) mass is 400 g/mol. The molecule has 9 heteroatoms. The molecule has 0 unspecified atom stereocenters. The summed E-state index contributed by atoms with van der Waals surface area (Å²) in [6.45, 7) is 3.20. The Labute approximate surface area is 158 Å². The molecule has 1 saturated heterocycles. The third-order valence-electron chi connectivity index (χ3n) is 4.18. The lowest BCUT2D eigenvalue weighted by Crippen LogP contribution is -2.38. The highest BCUT2D eigenvalue weighted by Gasteiger charge is 2.35. The van der Waals surface area contributed by atoms with Crippen LogP contribution in [-0.4, -0.2) is 36.8 Å². The molecule has 0 radical (unpaired) electrons. The number of benzene rings is 1. The van der Waals surface area contributed by atoms with Crippen molar-refractivity contribution in [3.63, 3.8) is 0 Å². The van der Waals surface area contributed by atoms with Crippen LogP contribution in [0, 0.1) is 0 Å². The van der Waals surface area contributed by atoms with E-state index in [-0.39, 0.29) is 24.2 Å². The van der Waals surface area contributed by atoms with Crippen LogP contribution in [0.4, 0.5) is 18.3 Å². The van der Waals surface area contributed by atoms with Crippen LogP contribution in [0.25, 0.3) is 0 Å². The minimum atomic E-state index is -4.44. The molecule has 3 rings (SSSR count). The summed E-state index contributed by atoms with van der Waals surface area (Å²) in [6.07, 6.45) is -3.60. The number of alkyl halides is 3. The van der Waals surface area contributed by atoms with Gasteiger partial charge in [-0.25, -0.2) is 9.78 Å². The van der Waals surface area contributed by atoms with E-state index in [1.807, 2.05) is 4.90 Å². The maximum Gasteiger partial charge on any atom is 0.419 e. The zero-order chi connectivity index (χ0) is 19.4. The number of para-hydroxylation sites is 1. The van der Waals surface area contributed by atoms with Crippen LogP contribution in [-0.2, 0) is 10.9 Å². The summed E-state index contributed by atoms with van der Waals surface area (Å²) in [7, 11) is 0. The summed E-state index contributed by atoms with van der Waals surface area (Å²) in [6, 6.07) is 5.26. The van der Waals surface area contributed by atoms with Gasteiger partial charge in [0.2, 0.25) is 0 Å². The smallest absolute Gasteiger partial charge is 0.419 e. The Kier molecular flexibility index (Phi) is 5.88. The summed E-state index contributed by atoms with van der Waals surface area (Å²) in [4.78, 5) is 18.0. The summed E-state index contributed by atoms with van der Waals surface area (Å²) in [5.74, 6) is -0.593. The fourth-order valence-corrected chi connectivity index (χ4v) is 3.71. The van der Waals surface area contributed by atoms with Crippen molar-refractivity contribution in [1.29, 1.82) is 0 Å². The second kappa shape index (κ2) is 8.16. The molecule has 1 aliphatic heterocycles. The molecule has 0 saturated carbocycles. The fourth-order valence-electron chi connectivity index (χ4n) is 2.86. The second-order valence-electron chi connectivity index (χ2n) is 6.03. The molecular formula is C18H19F3N2O3S. The Bertz CT molecular complexity index is 786. The van der Waals surface area contributed by atoms with E-state index in [1.165, 1.54) is 29.5 Å². The third kappa shape index (κ3) is 4.71. The molecule has 0 spiro atoms. The van der Waals surface area contributed by atoms with E-state index in [0.29, 0.717) is 31.1 Å². The Hall–Kier alpha value is -2.29. The molecule has 0 atom stereocenters. The predicted octanol–water partition coefficient (Wildman–Crippen LogP) is 4.39. The first-order chi connectivity index (χ1) is 12.9. The molecule has 27 heavy (non-hydrogen) atoms. The topological polar surface area (TPSA) is 51.7 Å². The Morgan fingerprint density at radius 3 is 2.67 bits per heavy atom. The van der Waals surface area contributed by atoms with E-state index in [0.717, 1.165) is 6.07 Å². The summed E-state index contributed by atoms with van der Waals surface area (Å²) >= 11 is 1.35. The Balaban J connectivity index is 1.59. The first kappa shape index (κ1) is 19.5. The summed E-state index contributed by atoms with van der Waals surface area (Å²) < 4.78 is 49.8. The van der Waals surface area contributed by atoms with Crippen molar-refractivity contribution < 1.29 is 27.4 Å². The van der Waals surface area contributed by atoms with E-state index >= 15 is 0 Å². The van der Waals surface area contributed by atoms with E-state index in [9.17, 15) is 18.0 Å². The highest BCUT2D eigenvalue weighted by atomic mass is 32.1. The van der Waals surface area contributed by atoms with Crippen LogP contribution in [0.5, 0.6) is 5.75 Å². The van der Waals surface area contributed by atoms with Gasteiger partial charge < -0.3 is 14.4 Å². The van der Waals surface area contributed by atoms with Crippen LogP contribution >= 0.6 is 11.3 Å². The fraction of sp³-hybridized carbons (Fsp3) is 0.444. The number of rotatable bonds is 5. The van der Waals surface area contributed by atoms with Gasteiger partial charge in [0.1, 0.15) is 11.9 Å². The SMILES string of the molecule is CCOC(=O)c1csc(N2CCC(Oc3ccccc3C(F)(F)F)CC2)n1. The van der Waals surface area contributed by atoms with Gasteiger partial charge in [-0.15, -0.1) is 11.3 Å². The zero-order valence-electron chi connectivity index (χ0n) is 14.7. The largest absolute Gasteiger partial charge is 0.490 e. The quantitative estimate of drug-likeness (QED) is 0.697. The van der Waals surface area contributed by atoms with Crippen molar-refractivity contribution in [1.82, 2.24) is 4.98 Å². The van der Waals surface area contributed by atoms with Gasteiger partial charge in [0, 0.05) is 31.3 Å². The average Bonchev–Trinajstić information content (AvgIpc) is 3.12. The number of aromatic nitrogens is 1. The lowest BCUT2D eigenvalue weighted by Gasteiger charge is -2.32. The lowest BCUT2D eigenvalue weighted by molar-refractivity contribution is -0.139. The van der Waals surface area contributed by atoms with Gasteiger partial charge in [0.05, 0.1) is 12.2 Å². The number of hydrogen-bond donors (Lipinski definition) is 0. The number of carbonyl (C=O) groups excluding carboxylic acids is 1. The standard InChI is InChI=1S/C18H19F3N2O3S/c1-2-25-16(24)14-11-27-17(22-14)23-9-7-12(8-10-23)26-15-6-4-3-5-13(15)18(19,20)21/h3-6,11-12H,2,7-10H2,1H3. The molecular weight excluding hydrogens is 381 g/mol. The maximum atomic E-state index is 13.1. The molecule has 0 N–H and O–H groups in total. The van der Waals surface area contributed by atoms with Gasteiger partial charge in [-0.3, -0.25) is 0 Å². The molecule has 0 aliphatic carbocycles. The number of piperidine rings is 1. The number of hydrogen-bond acceptors (Lipinski definition) is 6.